The Balaban J connectivity index is 1.47. The van der Waals surface area contributed by atoms with E-state index in [1.165, 1.54) is 0 Å². The molecule has 2 aromatic heterocycles. The van der Waals surface area contributed by atoms with E-state index in [9.17, 15) is 4.79 Å². The Hall–Kier alpha value is -2.68. The first-order valence-electron chi connectivity index (χ1n) is 7.71. The highest BCUT2D eigenvalue weighted by molar-refractivity contribution is 5.89. The summed E-state index contributed by atoms with van der Waals surface area (Å²) in [6.07, 6.45) is 1.57. The number of hydrogen-bond donors (Lipinski definition) is 1. The van der Waals surface area contributed by atoms with Gasteiger partial charge >= 0.3 is 6.03 Å². The summed E-state index contributed by atoms with van der Waals surface area (Å²) in [5.41, 5.74) is 0.644. The van der Waals surface area contributed by atoms with E-state index in [4.69, 9.17) is 9.26 Å². The molecule has 0 saturated carbocycles. The molecule has 3 heterocycles. The van der Waals surface area contributed by atoms with Crippen LogP contribution in [0.3, 0.4) is 0 Å². The van der Waals surface area contributed by atoms with Crippen molar-refractivity contribution in [1.82, 2.24) is 24.9 Å². The zero-order valence-corrected chi connectivity index (χ0v) is 13.7. The number of carbonyl (C=O) groups is 1. The molecule has 3 rings (SSSR count). The molecule has 0 bridgehead atoms. The molecular formula is C15H20N6O3. The third-order valence-corrected chi connectivity index (χ3v) is 3.79. The van der Waals surface area contributed by atoms with Gasteiger partial charge in [0, 0.05) is 39.2 Å². The van der Waals surface area contributed by atoms with Gasteiger partial charge in [0.15, 0.2) is 5.82 Å². The van der Waals surface area contributed by atoms with Crippen LogP contribution in [0.25, 0.3) is 0 Å². The average molecular weight is 332 g/mol. The van der Waals surface area contributed by atoms with E-state index in [1.54, 1.807) is 37.3 Å². The van der Waals surface area contributed by atoms with Crippen LogP contribution in [0.4, 0.5) is 10.5 Å². The zero-order valence-electron chi connectivity index (χ0n) is 13.7. The van der Waals surface area contributed by atoms with Crippen LogP contribution in [0.5, 0.6) is 5.88 Å². The minimum atomic E-state index is -0.128. The summed E-state index contributed by atoms with van der Waals surface area (Å²) in [6.45, 7) is 5.23. The number of pyridine rings is 1. The van der Waals surface area contributed by atoms with Gasteiger partial charge in [0.05, 0.1) is 25.5 Å². The van der Waals surface area contributed by atoms with Crippen molar-refractivity contribution in [1.29, 1.82) is 0 Å². The quantitative estimate of drug-likeness (QED) is 0.896. The van der Waals surface area contributed by atoms with Crippen LogP contribution in [0, 0.1) is 6.92 Å². The second-order valence-corrected chi connectivity index (χ2v) is 5.51. The summed E-state index contributed by atoms with van der Waals surface area (Å²) in [4.78, 5) is 24.5. The Morgan fingerprint density at radius 3 is 2.71 bits per heavy atom. The number of urea groups is 1. The third-order valence-electron chi connectivity index (χ3n) is 3.79. The Kier molecular flexibility index (Phi) is 4.90. The lowest BCUT2D eigenvalue weighted by atomic mass is 10.3. The molecule has 9 heteroatoms. The fourth-order valence-electron chi connectivity index (χ4n) is 2.49. The predicted octanol–water partition coefficient (Wildman–Crippen LogP) is 1.13. The van der Waals surface area contributed by atoms with Crippen LogP contribution in [-0.2, 0) is 6.54 Å². The van der Waals surface area contributed by atoms with E-state index in [0.717, 1.165) is 13.1 Å². The summed E-state index contributed by atoms with van der Waals surface area (Å²) < 4.78 is 9.97. The Morgan fingerprint density at radius 2 is 2.12 bits per heavy atom. The van der Waals surface area contributed by atoms with Crippen molar-refractivity contribution in [3.8, 4) is 5.88 Å². The molecule has 9 nitrogen and oxygen atoms in total. The van der Waals surface area contributed by atoms with Crippen molar-refractivity contribution >= 4 is 11.7 Å². The monoisotopic (exact) mass is 332 g/mol. The first kappa shape index (κ1) is 16.2. The van der Waals surface area contributed by atoms with Crippen LogP contribution < -0.4 is 10.1 Å². The summed E-state index contributed by atoms with van der Waals surface area (Å²) in [5.74, 6) is 1.75. The molecule has 1 saturated heterocycles. The second-order valence-electron chi connectivity index (χ2n) is 5.51. The second kappa shape index (κ2) is 7.26. The van der Waals surface area contributed by atoms with Crippen molar-refractivity contribution in [2.45, 2.75) is 13.5 Å². The molecule has 0 atom stereocenters. The molecular weight excluding hydrogens is 312 g/mol. The number of rotatable bonds is 4. The topological polar surface area (TPSA) is 96.6 Å². The molecule has 128 valence electrons. The van der Waals surface area contributed by atoms with Gasteiger partial charge in [-0.25, -0.2) is 9.78 Å². The summed E-state index contributed by atoms with van der Waals surface area (Å²) in [6, 6.07) is 3.34. The number of hydrogen-bond acceptors (Lipinski definition) is 7. The minimum absolute atomic E-state index is 0.128. The van der Waals surface area contributed by atoms with Crippen molar-refractivity contribution < 1.29 is 14.1 Å². The Bertz CT molecular complexity index is 679. The molecule has 0 spiro atoms. The number of methoxy groups -OCH3 is 1. The number of ether oxygens (including phenoxy) is 1. The molecule has 2 amide bonds. The third kappa shape index (κ3) is 3.99. The van der Waals surface area contributed by atoms with Crippen LogP contribution in [0.15, 0.2) is 22.9 Å². The van der Waals surface area contributed by atoms with E-state index in [-0.39, 0.29) is 6.03 Å². The van der Waals surface area contributed by atoms with E-state index in [1.807, 2.05) is 0 Å². The molecule has 1 aliphatic heterocycles. The first-order valence-corrected chi connectivity index (χ1v) is 7.71. The molecule has 24 heavy (non-hydrogen) atoms. The van der Waals surface area contributed by atoms with E-state index < -0.39 is 0 Å². The highest BCUT2D eigenvalue weighted by Crippen LogP contribution is 2.13. The number of piperazine rings is 1. The number of nitrogens with one attached hydrogen (secondary N) is 1. The number of aryl methyl sites for hydroxylation is 1. The SMILES string of the molecule is COc1ccc(NC(=O)N2CCN(Cc3noc(C)n3)CC2)cn1. The lowest BCUT2D eigenvalue weighted by molar-refractivity contribution is 0.140. The highest BCUT2D eigenvalue weighted by atomic mass is 16.5. The summed E-state index contributed by atoms with van der Waals surface area (Å²) in [5, 5.41) is 6.74. The number of anilines is 1. The van der Waals surface area contributed by atoms with Crippen LogP contribution in [0.1, 0.15) is 11.7 Å². The Morgan fingerprint density at radius 1 is 1.33 bits per heavy atom. The number of carbonyl (C=O) groups excluding carboxylic acids is 1. The largest absolute Gasteiger partial charge is 0.481 e. The zero-order chi connectivity index (χ0) is 16.9. The Labute approximate surface area is 139 Å². The van der Waals surface area contributed by atoms with Gasteiger partial charge in [-0.05, 0) is 6.07 Å². The normalized spacial score (nSPS) is 15.3. The van der Waals surface area contributed by atoms with Crippen LogP contribution in [0.2, 0.25) is 0 Å². The van der Waals surface area contributed by atoms with Gasteiger partial charge in [0.1, 0.15) is 0 Å². The smallest absolute Gasteiger partial charge is 0.321 e. The predicted molar refractivity (Wildman–Crippen MR) is 85.7 cm³/mol. The van der Waals surface area contributed by atoms with Crippen molar-refractivity contribution in [3.05, 3.63) is 30.0 Å². The van der Waals surface area contributed by atoms with Gasteiger partial charge in [-0.2, -0.15) is 4.98 Å². The van der Waals surface area contributed by atoms with Crippen molar-refractivity contribution in [3.63, 3.8) is 0 Å². The van der Waals surface area contributed by atoms with Gasteiger partial charge in [-0.3, -0.25) is 4.90 Å². The average Bonchev–Trinajstić information content (AvgIpc) is 3.01. The van der Waals surface area contributed by atoms with Crippen molar-refractivity contribution in [2.75, 3.05) is 38.6 Å². The summed E-state index contributed by atoms with van der Waals surface area (Å²) in [7, 11) is 1.55. The highest BCUT2D eigenvalue weighted by Gasteiger charge is 2.22. The first-order chi connectivity index (χ1) is 11.6. The van der Waals surface area contributed by atoms with E-state index in [2.05, 4.69) is 25.3 Å². The van der Waals surface area contributed by atoms with E-state index >= 15 is 0 Å². The number of amides is 2. The standard InChI is InChI=1S/C15H20N6O3/c1-11-17-13(19-24-11)10-20-5-7-21(8-6-20)15(22)18-12-3-4-14(23-2)16-9-12/h3-4,9H,5-8,10H2,1-2H3,(H,18,22). The fourth-order valence-corrected chi connectivity index (χ4v) is 2.49. The van der Waals surface area contributed by atoms with Crippen LogP contribution >= 0.6 is 0 Å². The molecule has 1 N–H and O–H groups in total. The molecule has 2 aromatic rings. The maximum atomic E-state index is 12.3. The molecule has 0 aromatic carbocycles. The van der Waals surface area contributed by atoms with Gasteiger partial charge < -0.3 is 19.5 Å². The fraction of sp³-hybridized carbons (Fsp3) is 0.467. The maximum Gasteiger partial charge on any atom is 0.321 e. The van der Waals surface area contributed by atoms with Gasteiger partial charge in [-0.1, -0.05) is 5.16 Å². The van der Waals surface area contributed by atoms with Crippen molar-refractivity contribution in [2.24, 2.45) is 0 Å². The molecule has 0 radical (unpaired) electrons. The molecule has 0 aliphatic carbocycles. The van der Waals surface area contributed by atoms with Gasteiger partial charge in [0.2, 0.25) is 11.8 Å². The number of nitrogens with zero attached hydrogens (tertiary/aromatic N) is 5. The van der Waals surface area contributed by atoms with Gasteiger partial charge in [-0.15, -0.1) is 0 Å². The minimum Gasteiger partial charge on any atom is -0.481 e. The summed E-state index contributed by atoms with van der Waals surface area (Å²) >= 11 is 0. The molecule has 1 aliphatic rings. The molecule has 0 unspecified atom stereocenters. The maximum absolute atomic E-state index is 12.3. The van der Waals surface area contributed by atoms with E-state index in [0.29, 0.717) is 42.9 Å². The molecule has 1 fully saturated rings. The lowest BCUT2D eigenvalue weighted by Gasteiger charge is -2.33. The van der Waals surface area contributed by atoms with Gasteiger partial charge in [0.25, 0.3) is 0 Å². The van der Waals surface area contributed by atoms with Crippen LogP contribution in [-0.4, -0.2) is 64.2 Å². The lowest BCUT2D eigenvalue weighted by Crippen LogP contribution is -2.49. The number of aromatic nitrogens is 3.